The first-order valence-corrected chi connectivity index (χ1v) is 6.88. The van der Waals surface area contributed by atoms with Gasteiger partial charge < -0.3 is 0 Å². The highest BCUT2D eigenvalue weighted by Gasteiger charge is 2.31. The fraction of sp³-hybridized carbons (Fsp3) is 0.615. The molecule has 1 aliphatic heterocycles. The maximum absolute atomic E-state index is 6.12. The monoisotopic (exact) mass is 287 g/mol. The standard InChI is InChI=1S/C13H19Cl2N3/c1-13(2)9-18(7-6-17(13)3)8-10-4-5-11(14)16-12(10)15/h4-5H,6-9H2,1-3H3. The molecule has 1 fully saturated rings. The van der Waals surface area contributed by atoms with Gasteiger partial charge in [-0.15, -0.1) is 0 Å². The molecule has 0 unspecified atom stereocenters. The molecule has 18 heavy (non-hydrogen) atoms. The van der Waals surface area contributed by atoms with E-state index >= 15 is 0 Å². The quantitative estimate of drug-likeness (QED) is 0.780. The van der Waals surface area contributed by atoms with E-state index in [-0.39, 0.29) is 5.54 Å². The van der Waals surface area contributed by atoms with Gasteiger partial charge in [0.05, 0.1) is 0 Å². The van der Waals surface area contributed by atoms with Crippen LogP contribution in [0.5, 0.6) is 0 Å². The lowest BCUT2D eigenvalue weighted by atomic mass is 9.99. The first kappa shape index (κ1) is 14.1. The van der Waals surface area contributed by atoms with Gasteiger partial charge in [0, 0.05) is 37.3 Å². The first-order valence-electron chi connectivity index (χ1n) is 6.13. The smallest absolute Gasteiger partial charge is 0.135 e. The number of halogens is 2. The number of likely N-dealkylation sites (N-methyl/N-ethyl adjacent to an activating group) is 1. The minimum absolute atomic E-state index is 0.199. The Kier molecular flexibility index (Phi) is 4.17. The second-order valence-electron chi connectivity index (χ2n) is 5.53. The Labute approximate surface area is 119 Å². The van der Waals surface area contributed by atoms with E-state index in [2.05, 4.69) is 35.7 Å². The molecule has 0 spiro atoms. The molecule has 100 valence electrons. The highest BCUT2D eigenvalue weighted by Crippen LogP contribution is 2.23. The molecule has 0 aliphatic carbocycles. The highest BCUT2D eigenvalue weighted by atomic mass is 35.5. The summed E-state index contributed by atoms with van der Waals surface area (Å²) in [5.74, 6) is 0. The zero-order valence-electron chi connectivity index (χ0n) is 11.1. The predicted molar refractivity (Wildman–Crippen MR) is 76.2 cm³/mol. The summed E-state index contributed by atoms with van der Waals surface area (Å²) in [6.07, 6.45) is 0. The van der Waals surface area contributed by atoms with Crippen LogP contribution in [0.1, 0.15) is 19.4 Å². The molecule has 0 atom stereocenters. The normalized spacial score (nSPS) is 21.2. The van der Waals surface area contributed by atoms with Gasteiger partial charge in [-0.1, -0.05) is 29.3 Å². The van der Waals surface area contributed by atoms with Crippen LogP contribution in [0.2, 0.25) is 10.3 Å². The molecule has 1 aromatic heterocycles. The van der Waals surface area contributed by atoms with Gasteiger partial charge in [-0.05, 0) is 27.0 Å². The fourth-order valence-electron chi connectivity index (χ4n) is 2.28. The molecular weight excluding hydrogens is 269 g/mol. The van der Waals surface area contributed by atoms with Crippen LogP contribution in [0.25, 0.3) is 0 Å². The Morgan fingerprint density at radius 3 is 2.61 bits per heavy atom. The van der Waals surface area contributed by atoms with Gasteiger partial charge in [-0.25, -0.2) is 4.98 Å². The molecule has 1 aliphatic rings. The van der Waals surface area contributed by atoms with Gasteiger partial charge in [-0.2, -0.15) is 0 Å². The number of piperazine rings is 1. The minimum atomic E-state index is 0.199. The lowest BCUT2D eigenvalue weighted by Crippen LogP contribution is -2.57. The Hall–Kier alpha value is -0.350. The molecule has 0 aromatic carbocycles. The molecule has 5 heteroatoms. The van der Waals surface area contributed by atoms with Gasteiger partial charge in [0.15, 0.2) is 0 Å². The summed E-state index contributed by atoms with van der Waals surface area (Å²) in [4.78, 5) is 8.89. The van der Waals surface area contributed by atoms with Crippen molar-refractivity contribution in [2.24, 2.45) is 0 Å². The minimum Gasteiger partial charge on any atom is -0.299 e. The summed E-state index contributed by atoms with van der Waals surface area (Å²) in [7, 11) is 2.17. The summed E-state index contributed by atoms with van der Waals surface area (Å²) in [5, 5.41) is 0.960. The number of nitrogens with zero attached hydrogens (tertiary/aromatic N) is 3. The average Bonchev–Trinajstić information content (AvgIpc) is 2.27. The van der Waals surface area contributed by atoms with Crippen molar-refractivity contribution in [3.8, 4) is 0 Å². The molecule has 0 bridgehead atoms. The van der Waals surface area contributed by atoms with E-state index in [1.165, 1.54) is 0 Å². The lowest BCUT2D eigenvalue weighted by molar-refractivity contribution is 0.0360. The molecule has 2 rings (SSSR count). The van der Waals surface area contributed by atoms with Crippen LogP contribution in [0.15, 0.2) is 12.1 Å². The van der Waals surface area contributed by atoms with Gasteiger partial charge in [0.2, 0.25) is 0 Å². The number of hydrogen-bond acceptors (Lipinski definition) is 3. The maximum Gasteiger partial charge on any atom is 0.135 e. The summed E-state index contributed by atoms with van der Waals surface area (Å²) in [5.41, 5.74) is 1.24. The van der Waals surface area contributed by atoms with Crippen molar-refractivity contribution >= 4 is 23.2 Å². The fourth-order valence-corrected chi connectivity index (χ4v) is 2.68. The van der Waals surface area contributed by atoms with E-state index in [1.807, 2.05) is 6.07 Å². The van der Waals surface area contributed by atoms with E-state index in [9.17, 15) is 0 Å². The molecule has 0 radical (unpaired) electrons. The van der Waals surface area contributed by atoms with Crippen LogP contribution in [0.4, 0.5) is 0 Å². The maximum atomic E-state index is 6.12. The van der Waals surface area contributed by atoms with Gasteiger partial charge in [0.1, 0.15) is 10.3 Å². The van der Waals surface area contributed by atoms with Crippen molar-refractivity contribution in [1.82, 2.24) is 14.8 Å². The van der Waals surface area contributed by atoms with E-state index in [4.69, 9.17) is 23.2 Å². The number of aromatic nitrogens is 1. The Morgan fingerprint density at radius 2 is 2.00 bits per heavy atom. The summed E-state index contributed by atoms with van der Waals surface area (Å²) < 4.78 is 0. The SMILES string of the molecule is CN1CCN(Cc2ccc(Cl)nc2Cl)CC1(C)C. The number of hydrogen-bond donors (Lipinski definition) is 0. The molecule has 0 saturated carbocycles. The number of rotatable bonds is 2. The lowest BCUT2D eigenvalue weighted by Gasteiger charge is -2.45. The topological polar surface area (TPSA) is 19.4 Å². The van der Waals surface area contributed by atoms with Crippen molar-refractivity contribution in [1.29, 1.82) is 0 Å². The van der Waals surface area contributed by atoms with E-state index in [1.54, 1.807) is 6.07 Å². The molecule has 0 amide bonds. The zero-order chi connectivity index (χ0) is 13.3. The Bertz CT molecular complexity index is 434. The summed E-state index contributed by atoms with van der Waals surface area (Å²) in [6.45, 7) is 8.52. The van der Waals surface area contributed by atoms with Gasteiger partial charge in [0.25, 0.3) is 0 Å². The van der Waals surface area contributed by atoms with E-state index in [0.29, 0.717) is 10.3 Å². The summed E-state index contributed by atoms with van der Waals surface area (Å²) in [6, 6.07) is 3.76. The second kappa shape index (κ2) is 5.33. The predicted octanol–water partition coefficient (Wildman–Crippen LogP) is 2.91. The third-order valence-corrected chi connectivity index (χ3v) is 4.22. The van der Waals surface area contributed by atoms with Gasteiger partial charge in [-0.3, -0.25) is 9.80 Å². The van der Waals surface area contributed by atoms with Crippen molar-refractivity contribution in [3.05, 3.63) is 28.0 Å². The molecule has 1 aromatic rings. The molecule has 2 heterocycles. The van der Waals surface area contributed by atoms with Crippen LogP contribution < -0.4 is 0 Å². The highest BCUT2D eigenvalue weighted by molar-refractivity contribution is 6.32. The van der Waals surface area contributed by atoms with Crippen LogP contribution in [0, 0.1) is 0 Å². The molecule has 0 N–H and O–H groups in total. The first-order chi connectivity index (χ1) is 8.38. The van der Waals surface area contributed by atoms with Crippen molar-refractivity contribution in [2.75, 3.05) is 26.7 Å². The van der Waals surface area contributed by atoms with Crippen molar-refractivity contribution < 1.29 is 0 Å². The van der Waals surface area contributed by atoms with Crippen molar-refractivity contribution in [2.45, 2.75) is 25.9 Å². The third-order valence-electron chi connectivity index (χ3n) is 3.68. The zero-order valence-corrected chi connectivity index (χ0v) is 12.6. The van der Waals surface area contributed by atoms with Crippen LogP contribution in [-0.4, -0.2) is 47.0 Å². The van der Waals surface area contributed by atoms with Crippen LogP contribution >= 0.6 is 23.2 Å². The van der Waals surface area contributed by atoms with Crippen LogP contribution in [0.3, 0.4) is 0 Å². The average molecular weight is 288 g/mol. The van der Waals surface area contributed by atoms with Crippen molar-refractivity contribution in [3.63, 3.8) is 0 Å². The molecule has 1 saturated heterocycles. The van der Waals surface area contributed by atoms with E-state index < -0.39 is 0 Å². The third kappa shape index (κ3) is 3.15. The molecule has 3 nitrogen and oxygen atoms in total. The van der Waals surface area contributed by atoms with Gasteiger partial charge >= 0.3 is 0 Å². The Balaban J connectivity index is 2.06. The molecular formula is C13H19Cl2N3. The van der Waals surface area contributed by atoms with E-state index in [0.717, 1.165) is 31.7 Å². The largest absolute Gasteiger partial charge is 0.299 e. The number of pyridine rings is 1. The Morgan fingerprint density at radius 1 is 1.28 bits per heavy atom. The van der Waals surface area contributed by atoms with Crippen LogP contribution in [-0.2, 0) is 6.54 Å². The summed E-state index contributed by atoms with van der Waals surface area (Å²) >= 11 is 11.9. The second-order valence-corrected chi connectivity index (χ2v) is 6.27.